The van der Waals surface area contributed by atoms with E-state index in [9.17, 15) is 8.42 Å². The summed E-state index contributed by atoms with van der Waals surface area (Å²) < 4.78 is 27.0. The summed E-state index contributed by atoms with van der Waals surface area (Å²) >= 11 is 0. The lowest BCUT2D eigenvalue weighted by Crippen LogP contribution is -2.44. The molecule has 0 spiro atoms. The number of aromatic nitrogens is 1. The highest BCUT2D eigenvalue weighted by Gasteiger charge is 2.22. The molecule has 1 aliphatic rings. The molecule has 6 nitrogen and oxygen atoms in total. The molecular formula is C14H26N4O2S. The van der Waals surface area contributed by atoms with Crippen molar-refractivity contribution in [2.75, 3.05) is 20.1 Å². The van der Waals surface area contributed by atoms with E-state index in [1.165, 1.54) is 6.42 Å². The van der Waals surface area contributed by atoms with Gasteiger partial charge in [-0.3, -0.25) is 0 Å². The van der Waals surface area contributed by atoms with Gasteiger partial charge in [-0.05, 0) is 39.8 Å². The molecule has 0 atom stereocenters. The van der Waals surface area contributed by atoms with E-state index in [4.69, 9.17) is 0 Å². The summed E-state index contributed by atoms with van der Waals surface area (Å²) in [6.45, 7) is 6.32. The summed E-state index contributed by atoms with van der Waals surface area (Å²) in [7, 11) is -1.63. The Labute approximate surface area is 127 Å². The van der Waals surface area contributed by atoms with Crippen LogP contribution in [0.1, 0.15) is 44.8 Å². The van der Waals surface area contributed by atoms with Gasteiger partial charge in [0.25, 0.3) is 10.0 Å². The van der Waals surface area contributed by atoms with Gasteiger partial charge in [-0.2, -0.15) is 0 Å². The number of nitrogens with one attached hydrogen (secondary N) is 2. The topological polar surface area (TPSA) is 66.4 Å². The molecule has 21 heavy (non-hydrogen) atoms. The molecule has 1 aromatic heterocycles. The normalized spacial score (nSPS) is 17.5. The Morgan fingerprint density at radius 1 is 1.24 bits per heavy atom. The highest BCUT2D eigenvalue weighted by molar-refractivity contribution is 7.89. The van der Waals surface area contributed by atoms with E-state index < -0.39 is 10.0 Å². The summed E-state index contributed by atoms with van der Waals surface area (Å²) in [6.07, 6.45) is 4.99. The summed E-state index contributed by atoms with van der Waals surface area (Å²) in [5, 5.41) is 4.89. The molecule has 0 bridgehead atoms. The molecule has 1 saturated heterocycles. The standard InChI is InChI=1S/C14H26N4O2S/c1-12(2)18-11-14(9-13(18)10-15-3)21(19,20)16-17-7-5-4-6-8-17/h9,11-12,15-16H,4-8,10H2,1-3H3. The summed E-state index contributed by atoms with van der Waals surface area (Å²) in [5.41, 5.74) is 0.978. The SMILES string of the molecule is CNCc1cc(S(=O)(=O)NN2CCCCC2)cn1C(C)C. The number of nitrogens with zero attached hydrogens (tertiary/aromatic N) is 2. The lowest BCUT2D eigenvalue weighted by Gasteiger charge is -2.26. The van der Waals surface area contributed by atoms with Crippen molar-refractivity contribution in [1.82, 2.24) is 19.7 Å². The second kappa shape index (κ2) is 6.91. The first-order valence-electron chi connectivity index (χ1n) is 7.57. The summed E-state index contributed by atoms with van der Waals surface area (Å²) in [4.78, 5) is 3.04. The quantitative estimate of drug-likeness (QED) is 0.834. The van der Waals surface area contributed by atoms with Crippen molar-refractivity contribution in [2.45, 2.75) is 50.6 Å². The molecule has 0 unspecified atom stereocenters. The van der Waals surface area contributed by atoms with E-state index in [0.29, 0.717) is 11.4 Å². The predicted molar refractivity (Wildman–Crippen MR) is 83.3 cm³/mol. The van der Waals surface area contributed by atoms with Crippen LogP contribution in [-0.2, 0) is 16.6 Å². The van der Waals surface area contributed by atoms with E-state index in [1.54, 1.807) is 12.3 Å². The van der Waals surface area contributed by atoms with E-state index in [1.807, 2.05) is 30.5 Å². The zero-order chi connectivity index (χ0) is 15.5. The van der Waals surface area contributed by atoms with Gasteiger partial charge in [0.15, 0.2) is 0 Å². The Morgan fingerprint density at radius 3 is 2.48 bits per heavy atom. The fourth-order valence-electron chi connectivity index (χ4n) is 2.65. The Bertz CT molecular complexity index is 560. The highest BCUT2D eigenvalue weighted by Crippen LogP contribution is 2.19. The van der Waals surface area contributed by atoms with Crippen molar-refractivity contribution < 1.29 is 8.42 Å². The molecule has 0 aliphatic carbocycles. The van der Waals surface area contributed by atoms with E-state index >= 15 is 0 Å². The third-order valence-electron chi connectivity index (χ3n) is 3.74. The van der Waals surface area contributed by atoms with Crippen LogP contribution in [0.15, 0.2) is 17.2 Å². The van der Waals surface area contributed by atoms with Crippen LogP contribution in [0.25, 0.3) is 0 Å². The zero-order valence-electron chi connectivity index (χ0n) is 13.1. The average Bonchev–Trinajstić information content (AvgIpc) is 2.85. The fourth-order valence-corrected chi connectivity index (χ4v) is 3.83. The third-order valence-corrected chi connectivity index (χ3v) is 5.08. The zero-order valence-corrected chi connectivity index (χ0v) is 13.9. The molecule has 2 N–H and O–H groups in total. The summed E-state index contributed by atoms with van der Waals surface area (Å²) in [6, 6.07) is 1.98. The average molecular weight is 314 g/mol. The fraction of sp³-hybridized carbons (Fsp3) is 0.714. The van der Waals surface area contributed by atoms with Crippen LogP contribution in [0.4, 0.5) is 0 Å². The molecule has 0 saturated carbocycles. The van der Waals surface area contributed by atoms with Gasteiger partial charge in [0.05, 0.1) is 0 Å². The number of piperidine rings is 1. The van der Waals surface area contributed by atoms with Crippen LogP contribution in [0.3, 0.4) is 0 Å². The number of hydrogen-bond donors (Lipinski definition) is 2. The van der Waals surface area contributed by atoms with Gasteiger partial charge in [0.1, 0.15) is 4.90 Å². The van der Waals surface area contributed by atoms with E-state index in [0.717, 1.165) is 31.6 Å². The van der Waals surface area contributed by atoms with Gasteiger partial charge in [-0.25, -0.2) is 13.4 Å². The van der Waals surface area contributed by atoms with Crippen molar-refractivity contribution in [3.8, 4) is 0 Å². The lowest BCUT2D eigenvalue weighted by atomic mass is 10.2. The molecule has 120 valence electrons. The molecule has 0 aromatic carbocycles. The van der Waals surface area contributed by atoms with Crippen molar-refractivity contribution >= 4 is 10.0 Å². The summed E-state index contributed by atoms with van der Waals surface area (Å²) in [5.74, 6) is 0. The monoisotopic (exact) mass is 314 g/mol. The highest BCUT2D eigenvalue weighted by atomic mass is 32.2. The lowest BCUT2D eigenvalue weighted by molar-refractivity contribution is 0.200. The Kier molecular flexibility index (Phi) is 5.43. The predicted octanol–water partition coefficient (Wildman–Crippen LogP) is 1.47. The Balaban J connectivity index is 2.20. The van der Waals surface area contributed by atoms with Crippen LogP contribution >= 0.6 is 0 Å². The Morgan fingerprint density at radius 2 is 1.90 bits per heavy atom. The van der Waals surface area contributed by atoms with Crippen LogP contribution in [-0.4, -0.2) is 38.1 Å². The maximum absolute atomic E-state index is 12.5. The molecule has 2 heterocycles. The van der Waals surface area contributed by atoms with Gasteiger partial charge >= 0.3 is 0 Å². The molecule has 1 aromatic rings. The first kappa shape index (κ1) is 16.5. The minimum absolute atomic E-state index is 0.229. The largest absolute Gasteiger partial charge is 0.346 e. The maximum atomic E-state index is 12.5. The number of sulfonamides is 1. The van der Waals surface area contributed by atoms with E-state index in [2.05, 4.69) is 10.1 Å². The van der Waals surface area contributed by atoms with Gasteiger partial charge in [-0.15, -0.1) is 4.83 Å². The molecule has 1 aliphatic heterocycles. The number of hydrogen-bond acceptors (Lipinski definition) is 4. The minimum atomic E-state index is -3.49. The molecule has 2 rings (SSSR count). The molecule has 0 amide bonds. The van der Waals surface area contributed by atoms with Gasteiger partial charge in [0.2, 0.25) is 0 Å². The maximum Gasteiger partial charge on any atom is 0.254 e. The smallest absolute Gasteiger partial charge is 0.254 e. The molecule has 0 radical (unpaired) electrons. The number of rotatable bonds is 6. The second-order valence-electron chi connectivity index (χ2n) is 5.84. The molecular weight excluding hydrogens is 288 g/mol. The van der Waals surface area contributed by atoms with E-state index in [-0.39, 0.29) is 6.04 Å². The van der Waals surface area contributed by atoms with Gasteiger partial charge in [-0.1, -0.05) is 6.42 Å². The van der Waals surface area contributed by atoms with Crippen molar-refractivity contribution in [3.05, 3.63) is 18.0 Å². The van der Waals surface area contributed by atoms with Crippen molar-refractivity contribution in [2.24, 2.45) is 0 Å². The van der Waals surface area contributed by atoms with Gasteiger partial charge in [0, 0.05) is 37.6 Å². The first-order valence-corrected chi connectivity index (χ1v) is 9.05. The molecule has 1 fully saturated rings. The Hall–Kier alpha value is -0.890. The first-order chi connectivity index (χ1) is 9.94. The third kappa shape index (κ3) is 4.06. The second-order valence-corrected chi connectivity index (χ2v) is 7.50. The van der Waals surface area contributed by atoms with Crippen LogP contribution < -0.4 is 10.1 Å². The molecule has 7 heteroatoms. The number of hydrazine groups is 1. The minimum Gasteiger partial charge on any atom is -0.346 e. The van der Waals surface area contributed by atoms with Crippen LogP contribution in [0.5, 0.6) is 0 Å². The van der Waals surface area contributed by atoms with Crippen molar-refractivity contribution in [1.29, 1.82) is 0 Å². The van der Waals surface area contributed by atoms with Crippen LogP contribution in [0.2, 0.25) is 0 Å². The van der Waals surface area contributed by atoms with Gasteiger partial charge < -0.3 is 9.88 Å². The van der Waals surface area contributed by atoms with Crippen LogP contribution in [0, 0.1) is 0 Å². The van der Waals surface area contributed by atoms with Crippen molar-refractivity contribution in [3.63, 3.8) is 0 Å².